The molecule has 1 atom stereocenters. The van der Waals surface area contributed by atoms with Gasteiger partial charge in [-0.3, -0.25) is 4.79 Å². The van der Waals surface area contributed by atoms with Gasteiger partial charge in [-0.1, -0.05) is 37.3 Å². The highest BCUT2D eigenvalue weighted by atomic mass is 16.7. The Morgan fingerprint density at radius 3 is 2.69 bits per heavy atom. The first-order valence-corrected chi connectivity index (χ1v) is 12.1. The van der Waals surface area contributed by atoms with Gasteiger partial charge in [0, 0.05) is 47.6 Å². The molecule has 36 heavy (non-hydrogen) atoms. The number of methoxy groups -OCH3 is 2. The first-order chi connectivity index (χ1) is 17.6. The van der Waals surface area contributed by atoms with Gasteiger partial charge >= 0.3 is 0 Å². The molecule has 0 saturated heterocycles. The van der Waals surface area contributed by atoms with Gasteiger partial charge in [-0.25, -0.2) is 0 Å². The van der Waals surface area contributed by atoms with Crippen LogP contribution < -0.4 is 24.3 Å². The SMILES string of the molecule is CCc1cccc2c([C@H](CC(=O)NCc3ccc4c(c3)OCO4)c3ccc(OC)cc3OC)c[nH]c12. The maximum atomic E-state index is 13.3. The van der Waals surface area contributed by atoms with Crippen LogP contribution in [0.15, 0.2) is 60.8 Å². The maximum absolute atomic E-state index is 13.3. The van der Waals surface area contributed by atoms with Crippen molar-refractivity contribution in [2.75, 3.05) is 21.0 Å². The Labute approximate surface area is 210 Å². The van der Waals surface area contributed by atoms with Crippen molar-refractivity contribution in [2.45, 2.75) is 32.2 Å². The van der Waals surface area contributed by atoms with E-state index in [1.165, 1.54) is 5.56 Å². The molecule has 5 rings (SSSR count). The largest absolute Gasteiger partial charge is 0.497 e. The number of hydrogen-bond donors (Lipinski definition) is 2. The van der Waals surface area contributed by atoms with Gasteiger partial charge in [0.15, 0.2) is 11.5 Å². The standard InChI is InChI=1S/C29H30N2O5/c1-4-19-6-5-7-22-24(16-31-29(19)22)23(21-10-9-20(33-2)13-26(21)34-3)14-28(32)30-15-18-8-11-25-27(12-18)36-17-35-25/h5-13,16,23,31H,4,14-15,17H2,1-3H3,(H,30,32)/t23-/m1/s1. The summed E-state index contributed by atoms with van der Waals surface area (Å²) in [6.45, 7) is 2.76. The molecule has 7 heteroatoms. The summed E-state index contributed by atoms with van der Waals surface area (Å²) in [7, 11) is 3.26. The summed E-state index contributed by atoms with van der Waals surface area (Å²) in [5.41, 5.74) is 5.28. The van der Waals surface area contributed by atoms with E-state index in [1.807, 2.05) is 42.6 Å². The molecule has 3 aromatic carbocycles. The van der Waals surface area contributed by atoms with E-state index in [2.05, 4.69) is 35.4 Å². The highest BCUT2D eigenvalue weighted by molar-refractivity contribution is 5.88. The van der Waals surface area contributed by atoms with Crippen LogP contribution in [0.3, 0.4) is 0 Å². The molecule has 0 unspecified atom stereocenters. The first-order valence-electron chi connectivity index (χ1n) is 12.1. The number of amides is 1. The van der Waals surface area contributed by atoms with Gasteiger partial charge in [0.05, 0.1) is 14.2 Å². The summed E-state index contributed by atoms with van der Waals surface area (Å²) >= 11 is 0. The van der Waals surface area contributed by atoms with Crippen LogP contribution in [-0.2, 0) is 17.8 Å². The number of aromatic nitrogens is 1. The zero-order chi connectivity index (χ0) is 25.1. The lowest BCUT2D eigenvalue weighted by atomic mass is 9.87. The van der Waals surface area contributed by atoms with Gasteiger partial charge in [-0.15, -0.1) is 0 Å². The van der Waals surface area contributed by atoms with Crippen molar-refractivity contribution in [2.24, 2.45) is 0 Å². The molecule has 1 aliphatic rings. The summed E-state index contributed by atoms with van der Waals surface area (Å²) < 4.78 is 22.0. The van der Waals surface area contributed by atoms with E-state index in [-0.39, 0.29) is 25.0 Å². The van der Waals surface area contributed by atoms with Crippen LogP contribution in [0.5, 0.6) is 23.0 Å². The number of rotatable bonds is 9. The van der Waals surface area contributed by atoms with E-state index in [1.54, 1.807) is 14.2 Å². The molecular formula is C29H30N2O5. The second-order valence-corrected chi connectivity index (χ2v) is 8.77. The molecule has 0 saturated carbocycles. The molecule has 4 aromatic rings. The number of carbonyl (C=O) groups excluding carboxylic acids is 1. The third-order valence-corrected chi connectivity index (χ3v) is 6.72. The van der Waals surface area contributed by atoms with Crippen molar-refractivity contribution >= 4 is 16.8 Å². The van der Waals surface area contributed by atoms with Crippen molar-refractivity contribution < 1.29 is 23.7 Å². The van der Waals surface area contributed by atoms with E-state index in [0.717, 1.165) is 39.8 Å². The predicted molar refractivity (Wildman–Crippen MR) is 138 cm³/mol. The smallest absolute Gasteiger partial charge is 0.231 e. The number of ether oxygens (including phenoxy) is 4. The number of benzene rings is 3. The van der Waals surface area contributed by atoms with Crippen LogP contribution in [0.4, 0.5) is 0 Å². The lowest BCUT2D eigenvalue weighted by Gasteiger charge is -2.20. The van der Waals surface area contributed by atoms with Crippen LogP contribution >= 0.6 is 0 Å². The summed E-state index contributed by atoms with van der Waals surface area (Å²) in [6.07, 6.45) is 3.20. The Morgan fingerprint density at radius 2 is 1.89 bits per heavy atom. The minimum Gasteiger partial charge on any atom is -0.497 e. The zero-order valence-electron chi connectivity index (χ0n) is 20.7. The maximum Gasteiger partial charge on any atom is 0.231 e. The number of fused-ring (bicyclic) bond motifs is 2. The molecule has 0 spiro atoms. The average molecular weight is 487 g/mol. The van der Waals surface area contributed by atoms with Crippen LogP contribution in [0.1, 0.15) is 41.5 Å². The highest BCUT2D eigenvalue weighted by Gasteiger charge is 2.25. The summed E-state index contributed by atoms with van der Waals surface area (Å²) in [4.78, 5) is 16.7. The van der Waals surface area contributed by atoms with Crippen LogP contribution in [0.2, 0.25) is 0 Å². The Morgan fingerprint density at radius 1 is 1.03 bits per heavy atom. The molecule has 2 heterocycles. The fourth-order valence-electron chi connectivity index (χ4n) is 4.82. The molecule has 2 N–H and O–H groups in total. The molecule has 0 radical (unpaired) electrons. The second-order valence-electron chi connectivity index (χ2n) is 8.77. The topological polar surface area (TPSA) is 81.8 Å². The minimum absolute atomic E-state index is 0.0588. The number of H-pyrrole nitrogens is 1. The number of aromatic amines is 1. The van der Waals surface area contributed by atoms with Gasteiger partial charge in [-0.2, -0.15) is 0 Å². The van der Waals surface area contributed by atoms with Crippen molar-refractivity contribution in [3.8, 4) is 23.0 Å². The predicted octanol–water partition coefficient (Wildman–Crippen LogP) is 5.31. The fraction of sp³-hybridized carbons (Fsp3) is 0.276. The van der Waals surface area contributed by atoms with Crippen LogP contribution in [-0.4, -0.2) is 31.9 Å². The summed E-state index contributed by atoms with van der Waals surface area (Å²) in [5, 5.41) is 4.18. The van der Waals surface area contributed by atoms with E-state index >= 15 is 0 Å². The average Bonchev–Trinajstić information content (AvgIpc) is 3.57. The summed E-state index contributed by atoms with van der Waals surface area (Å²) in [5.74, 6) is 2.54. The van der Waals surface area contributed by atoms with Crippen molar-refractivity contribution in [3.05, 3.63) is 83.0 Å². The lowest BCUT2D eigenvalue weighted by Crippen LogP contribution is -2.25. The Kier molecular flexibility index (Phi) is 6.71. The fourth-order valence-corrected chi connectivity index (χ4v) is 4.82. The van der Waals surface area contributed by atoms with Crippen molar-refractivity contribution in [1.82, 2.24) is 10.3 Å². The highest BCUT2D eigenvalue weighted by Crippen LogP contribution is 2.40. The summed E-state index contributed by atoms with van der Waals surface area (Å²) in [6, 6.07) is 17.8. The first kappa shape index (κ1) is 23.6. The van der Waals surface area contributed by atoms with E-state index in [0.29, 0.717) is 23.8 Å². The third-order valence-electron chi connectivity index (χ3n) is 6.72. The minimum atomic E-state index is -0.219. The van der Waals surface area contributed by atoms with Gasteiger partial charge in [0.25, 0.3) is 0 Å². The van der Waals surface area contributed by atoms with Crippen molar-refractivity contribution in [3.63, 3.8) is 0 Å². The molecule has 0 aliphatic carbocycles. The lowest BCUT2D eigenvalue weighted by molar-refractivity contribution is -0.121. The molecule has 0 bridgehead atoms. The van der Waals surface area contributed by atoms with Gasteiger partial charge < -0.3 is 29.2 Å². The number of aryl methyl sites for hydroxylation is 1. The van der Waals surface area contributed by atoms with Gasteiger partial charge in [0.1, 0.15) is 11.5 Å². The van der Waals surface area contributed by atoms with Crippen LogP contribution in [0, 0.1) is 0 Å². The molecule has 186 valence electrons. The Bertz CT molecular complexity index is 1390. The quantitative estimate of drug-likeness (QED) is 0.335. The van der Waals surface area contributed by atoms with Gasteiger partial charge in [-0.05, 0) is 41.3 Å². The van der Waals surface area contributed by atoms with E-state index in [4.69, 9.17) is 18.9 Å². The van der Waals surface area contributed by atoms with E-state index < -0.39 is 0 Å². The van der Waals surface area contributed by atoms with E-state index in [9.17, 15) is 4.79 Å². The number of carbonyl (C=O) groups is 1. The number of para-hydroxylation sites is 1. The molecule has 0 fully saturated rings. The molecule has 1 amide bonds. The number of hydrogen-bond acceptors (Lipinski definition) is 5. The third kappa shape index (κ3) is 4.56. The normalized spacial score (nSPS) is 13.0. The second kappa shape index (κ2) is 10.2. The zero-order valence-corrected chi connectivity index (χ0v) is 20.7. The molecule has 7 nitrogen and oxygen atoms in total. The Hall–Kier alpha value is -4.13. The molecular weight excluding hydrogens is 456 g/mol. The van der Waals surface area contributed by atoms with Crippen LogP contribution in [0.25, 0.3) is 10.9 Å². The number of nitrogens with one attached hydrogen (secondary N) is 2. The monoisotopic (exact) mass is 486 g/mol. The molecule has 1 aromatic heterocycles. The van der Waals surface area contributed by atoms with Gasteiger partial charge in [0.2, 0.25) is 12.7 Å². The van der Waals surface area contributed by atoms with Crippen molar-refractivity contribution in [1.29, 1.82) is 0 Å². The molecule has 1 aliphatic heterocycles. The Balaban J connectivity index is 1.45.